The Labute approximate surface area is 160 Å². The van der Waals surface area contributed by atoms with Crippen LogP contribution >= 0.6 is 0 Å². The summed E-state index contributed by atoms with van der Waals surface area (Å²) >= 11 is 0. The van der Waals surface area contributed by atoms with Crippen molar-refractivity contribution in [2.75, 3.05) is 19.5 Å². The number of anilines is 1. The van der Waals surface area contributed by atoms with Gasteiger partial charge in [0.1, 0.15) is 18.8 Å². The van der Waals surface area contributed by atoms with E-state index in [1.54, 1.807) is 7.11 Å². The summed E-state index contributed by atoms with van der Waals surface area (Å²) in [4.78, 5) is 13.7. The molecule has 3 aromatic carbocycles. The number of para-hydroxylation sites is 1. The van der Waals surface area contributed by atoms with Gasteiger partial charge in [0.05, 0.1) is 14.2 Å². The number of quaternary nitrogens is 1. The fraction of sp³-hybridized carbons (Fsp3) is 0.174. The second kappa shape index (κ2) is 9.01. The van der Waals surface area contributed by atoms with Gasteiger partial charge in [-0.1, -0.05) is 42.5 Å². The number of nitrogens with one attached hydrogen (secondary N) is 2. The van der Waals surface area contributed by atoms with E-state index in [0.717, 1.165) is 24.5 Å². The van der Waals surface area contributed by atoms with Crippen LogP contribution in [0.2, 0.25) is 0 Å². The van der Waals surface area contributed by atoms with Crippen LogP contribution in [-0.4, -0.2) is 20.1 Å². The molecule has 0 spiro atoms. The number of benzene rings is 3. The summed E-state index contributed by atoms with van der Waals surface area (Å²) in [5.74, 6) is 0.791. The standard InChI is InChI=1S/C23H24N2O2/c1-25(17-19-7-6-10-22(15-19)27-2)16-18-11-13-20(14-12-18)23(26)24-21-8-4-3-5-9-21/h3-15H,16-17H2,1-2H3,(H,24,26)/p+1. The van der Waals surface area contributed by atoms with E-state index in [2.05, 4.69) is 24.5 Å². The van der Waals surface area contributed by atoms with Gasteiger partial charge < -0.3 is 15.0 Å². The molecular formula is C23H25N2O2+. The lowest BCUT2D eigenvalue weighted by Gasteiger charge is -2.15. The molecule has 0 aliphatic rings. The molecule has 0 bridgehead atoms. The number of hydrogen-bond acceptors (Lipinski definition) is 2. The summed E-state index contributed by atoms with van der Waals surface area (Å²) in [5, 5.41) is 2.91. The lowest BCUT2D eigenvalue weighted by molar-refractivity contribution is -0.907. The number of amides is 1. The van der Waals surface area contributed by atoms with Crippen LogP contribution < -0.4 is 15.0 Å². The van der Waals surface area contributed by atoms with E-state index in [0.29, 0.717) is 5.56 Å². The number of ether oxygens (including phenoxy) is 1. The van der Waals surface area contributed by atoms with Gasteiger partial charge in [0.25, 0.3) is 5.91 Å². The van der Waals surface area contributed by atoms with Crippen molar-refractivity contribution in [3.63, 3.8) is 0 Å². The Bertz CT molecular complexity index is 876. The van der Waals surface area contributed by atoms with Crippen molar-refractivity contribution in [3.8, 4) is 5.75 Å². The van der Waals surface area contributed by atoms with Gasteiger partial charge in [-0.15, -0.1) is 0 Å². The summed E-state index contributed by atoms with van der Waals surface area (Å²) in [6, 6.07) is 25.5. The second-order valence-electron chi connectivity index (χ2n) is 6.68. The van der Waals surface area contributed by atoms with Gasteiger partial charge in [-0.3, -0.25) is 4.79 Å². The van der Waals surface area contributed by atoms with E-state index in [1.807, 2.05) is 66.7 Å². The quantitative estimate of drug-likeness (QED) is 0.679. The third-order valence-electron chi connectivity index (χ3n) is 4.39. The fourth-order valence-corrected chi connectivity index (χ4v) is 3.04. The van der Waals surface area contributed by atoms with Gasteiger partial charge in [0.2, 0.25) is 0 Å². The van der Waals surface area contributed by atoms with Crippen LogP contribution in [0.5, 0.6) is 5.75 Å². The van der Waals surface area contributed by atoms with Gasteiger partial charge in [0, 0.05) is 22.4 Å². The van der Waals surface area contributed by atoms with Crippen LogP contribution in [0.3, 0.4) is 0 Å². The minimum absolute atomic E-state index is 0.0927. The van der Waals surface area contributed by atoms with Gasteiger partial charge in [0.15, 0.2) is 0 Å². The molecule has 0 aromatic heterocycles. The number of rotatable bonds is 7. The van der Waals surface area contributed by atoms with Crippen LogP contribution in [0.1, 0.15) is 21.5 Å². The maximum atomic E-state index is 12.3. The first-order valence-corrected chi connectivity index (χ1v) is 9.03. The van der Waals surface area contributed by atoms with E-state index in [1.165, 1.54) is 16.0 Å². The molecule has 0 saturated carbocycles. The zero-order valence-electron chi connectivity index (χ0n) is 15.7. The van der Waals surface area contributed by atoms with Gasteiger partial charge >= 0.3 is 0 Å². The van der Waals surface area contributed by atoms with Gasteiger partial charge in [-0.2, -0.15) is 0 Å². The second-order valence-corrected chi connectivity index (χ2v) is 6.68. The molecule has 0 aliphatic heterocycles. The normalized spacial score (nSPS) is 11.6. The largest absolute Gasteiger partial charge is 0.497 e. The van der Waals surface area contributed by atoms with Crippen molar-refractivity contribution in [3.05, 3.63) is 95.6 Å². The van der Waals surface area contributed by atoms with Crippen LogP contribution in [-0.2, 0) is 13.1 Å². The highest BCUT2D eigenvalue weighted by Gasteiger charge is 2.09. The third-order valence-corrected chi connectivity index (χ3v) is 4.39. The average Bonchev–Trinajstić information content (AvgIpc) is 2.69. The molecule has 1 amide bonds. The Kier molecular flexibility index (Phi) is 6.23. The van der Waals surface area contributed by atoms with Gasteiger partial charge in [-0.05, 0) is 36.4 Å². The van der Waals surface area contributed by atoms with Crippen molar-refractivity contribution in [1.29, 1.82) is 0 Å². The third kappa shape index (κ3) is 5.43. The topological polar surface area (TPSA) is 42.8 Å². The molecule has 0 radical (unpaired) electrons. The molecule has 4 nitrogen and oxygen atoms in total. The molecule has 0 fully saturated rings. The first kappa shape index (κ1) is 18.7. The van der Waals surface area contributed by atoms with E-state index in [-0.39, 0.29) is 5.91 Å². The number of hydrogen-bond donors (Lipinski definition) is 2. The minimum Gasteiger partial charge on any atom is -0.497 e. The number of carbonyl (C=O) groups excluding carboxylic acids is 1. The van der Waals surface area contributed by atoms with Crippen LogP contribution in [0.15, 0.2) is 78.9 Å². The Morgan fingerprint density at radius 3 is 2.30 bits per heavy atom. The fourth-order valence-electron chi connectivity index (χ4n) is 3.04. The maximum Gasteiger partial charge on any atom is 0.255 e. The summed E-state index contributed by atoms with van der Waals surface area (Å²) in [6.07, 6.45) is 0. The van der Waals surface area contributed by atoms with Crippen LogP contribution in [0, 0.1) is 0 Å². The molecule has 0 heterocycles. The minimum atomic E-state index is -0.0927. The molecule has 27 heavy (non-hydrogen) atoms. The van der Waals surface area contributed by atoms with Crippen molar-refractivity contribution in [2.45, 2.75) is 13.1 Å². The predicted octanol–water partition coefficient (Wildman–Crippen LogP) is 3.16. The summed E-state index contributed by atoms with van der Waals surface area (Å²) < 4.78 is 5.29. The van der Waals surface area contributed by atoms with Crippen molar-refractivity contribution in [1.82, 2.24) is 0 Å². The molecule has 138 valence electrons. The van der Waals surface area contributed by atoms with Crippen molar-refractivity contribution >= 4 is 11.6 Å². The van der Waals surface area contributed by atoms with Crippen LogP contribution in [0.4, 0.5) is 5.69 Å². The lowest BCUT2D eigenvalue weighted by atomic mass is 10.1. The zero-order chi connectivity index (χ0) is 19.1. The van der Waals surface area contributed by atoms with Crippen molar-refractivity contribution < 1.29 is 14.4 Å². The van der Waals surface area contributed by atoms with E-state index < -0.39 is 0 Å². The number of methoxy groups -OCH3 is 1. The SMILES string of the molecule is COc1cccc(C[NH+](C)Cc2ccc(C(=O)Nc3ccccc3)cc2)c1. The summed E-state index contributed by atoms with van der Waals surface area (Å²) in [5.41, 5.74) is 3.90. The Hall–Kier alpha value is -3.11. The summed E-state index contributed by atoms with van der Waals surface area (Å²) in [7, 11) is 3.85. The Morgan fingerprint density at radius 1 is 0.889 bits per heavy atom. The number of carbonyl (C=O) groups is 1. The molecular weight excluding hydrogens is 336 g/mol. The lowest BCUT2D eigenvalue weighted by Crippen LogP contribution is -3.06. The molecule has 1 atom stereocenters. The smallest absolute Gasteiger partial charge is 0.255 e. The first-order chi connectivity index (χ1) is 13.1. The van der Waals surface area contributed by atoms with E-state index >= 15 is 0 Å². The highest BCUT2D eigenvalue weighted by Crippen LogP contribution is 2.12. The van der Waals surface area contributed by atoms with E-state index in [9.17, 15) is 4.79 Å². The van der Waals surface area contributed by atoms with Crippen LogP contribution in [0.25, 0.3) is 0 Å². The maximum absolute atomic E-state index is 12.3. The molecule has 0 saturated heterocycles. The average molecular weight is 361 g/mol. The van der Waals surface area contributed by atoms with Gasteiger partial charge in [-0.25, -0.2) is 0 Å². The zero-order valence-corrected chi connectivity index (χ0v) is 15.7. The molecule has 4 heteroatoms. The first-order valence-electron chi connectivity index (χ1n) is 9.03. The highest BCUT2D eigenvalue weighted by atomic mass is 16.5. The Balaban J connectivity index is 1.57. The Morgan fingerprint density at radius 2 is 1.59 bits per heavy atom. The van der Waals surface area contributed by atoms with E-state index in [4.69, 9.17) is 4.74 Å². The molecule has 0 aliphatic carbocycles. The van der Waals surface area contributed by atoms with Crippen molar-refractivity contribution in [2.24, 2.45) is 0 Å². The summed E-state index contributed by atoms with van der Waals surface area (Å²) in [6.45, 7) is 1.80. The molecule has 2 N–H and O–H groups in total. The molecule has 1 unspecified atom stereocenters. The molecule has 3 aromatic rings. The molecule has 3 rings (SSSR count). The highest BCUT2D eigenvalue weighted by molar-refractivity contribution is 6.04. The predicted molar refractivity (Wildman–Crippen MR) is 108 cm³/mol. The monoisotopic (exact) mass is 361 g/mol.